The average Bonchev–Trinajstić information content (AvgIpc) is 3.29. The topological polar surface area (TPSA) is 73.8 Å². The van der Waals surface area contributed by atoms with Gasteiger partial charge in [-0.15, -0.1) is 0 Å². The number of carbonyl (C=O) groups is 1. The fourth-order valence-corrected chi connectivity index (χ4v) is 8.04. The molecule has 2 aromatic carbocycles. The summed E-state index contributed by atoms with van der Waals surface area (Å²) in [4.78, 5) is 22.3. The van der Waals surface area contributed by atoms with Gasteiger partial charge in [0, 0.05) is 36.3 Å². The van der Waals surface area contributed by atoms with E-state index >= 15 is 0 Å². The van der Waals surface area contributed by atoms with Gasteiger partial charge in [0.1, 0.15) is 0 Å². The number of hydrogen-bond donors (Lipinski definition) is 0. The molecule has 200 valence electrons. The van der Waals surface area contributed by atoms with Crippen LogP contribution in [-0.4, -0.2) is 68.3 Å². The highest BCUT2D eigenvalue weighted by atomic mass is 35.5. The van der Waals surface area contributed by atoms with Crippen LogP contribution in [0.4, 0.5) is 5.13 Å². The third-order valence-corrected chi connectivity index (χ3v) is 10.2. The molecule has 0 atom stereocenters. The lowest BCUT2D eigenvalue weighted by molar-refractivity contribution is 0.0985. The SMILES string of the molecule is CCN(C1CCCCC1)S(=O)(=O)c1ccc(C(=O)N(CCN(C)C)c2nc3c(C)cc(Cl)cc3s2)cc1. The van der Waals surface area contributed by atoms with Crippen LogP contribution in [0.15, 0.2) is 41.3 Å². The molecule has 1 heterocycles. The average molecular weight is 563 g/mol. The Morgan fingerprint density at radius 3 is 2.38 bits per heavy atom. The van der Waals surface area contributed by atoms with E-state index in [-0.39, 0.29) is 16.8 Å². The monoisotopic (exact) mass is 562 g/mol. The van der Waals surface area contributed by atoms with Crippen LogP contribution in [0.3, 0.4) is 0 Å². The van der Waals surface area contributed by atoms with E-state index in [2.05, 4.69) is 0 Å². The normalized spacial score (nSPS) is 15.1. The Hall–Kier alpha value is -2.04. The highest BCUT2D eigenvalue weighted by Gasteiger charge is 2.31. The summed E-state index contributed by atoms with van der Waals surface area (Å²) in [6, 6.07) is 10.1. The number of thiazole rings is 1. The van der Waals surface area contributed by atoms with Gasteiger partial charge in [-0.05, 0) is 75.8 Å². The predicted octanol–water partition coefficient (Wildman–Crippen LogP) is 5.81. The van der Waals surface area contributed by atoms with Crippen LogP contribution in [0, 0.1) is 6.92 Å². The maximum atomic E-state index is 13.7. The molecule has 4 rings (SSSR count). The number of benzene rings is 2. The number of aromatic nitrogens is 1. The summed E-state index contributed by atoms with van der Waals surface area (Å²) >= 11 is 7.67. The quantitative estimate of drug-likeness (QED) is 0.329. The molecule has 1 aromatic heterocycles. The van der Waals surface area contributed by atoms with E-state index in [0.29, 0.717) is 35.4 Å². The molecule has 1 aliphatic carbocycles. The van der Waals surface area contributed by atoms with Gasteiger partial charge in [0.05, 0.1) is 15.1 Å². The number of likely N-dealkylation sites (N-methyl/N-ethyl adjacent to an activating group) is 1. The number of nitrogens with zero attached hydrogens (tertiary/aromatic N) is 4. The van der Waals surface area contributed by atoms with E-state index in [1.807, 2.05) is 45.0 Å². The van der Waals surface area contributed by atoms with Gasteiger partial charge in [0.25, 0.3) is 5.91 Å². The van der Waals surface area contributed by atoms with Crippen molar-refractivity contribution in [1.29, 1.82) is 0 Å². The summed E-state index contributed by atoms with van der Waals surface area (Å²) in [5, 5.41) is 1.23. The van der Waals surface area contributed by atoms with Crippen molar-refractivity contribution in [3.63, 3.8) is 0 Å². The van der Waals surface area contributed by atoms with Crippen LogP contribution in [0.1, 0.15) is 54.9 Å². The maximum Gasteiger partial charge on any atom is 0.260 e. The minimum absolute atomic E-state index is 0.0441. The minimum Gasteiger partial charge on any atom is -0.308 e. The van der Waals surface area contributed by atoms with Gasteiger partial charge in [-0.1, -0.05) is 49.1 Å². The van der Waals surface area contributed by atoms with Crippen LogP contribution < -0.4 is 4.90 Å². The number of fused-ring (bicyclic) bond motifs is 1. The first kappa shape index (κ1) is 28.0. The van der Waals surface area contributed by atoms with Crippen molar-refractivity contribution in [3.05, 3.63) is 52.5 Å². The number of rotatable bonds is 9. The number of halogens is 1. The number of amides is 1. The predicted molar refractivity (Wildman–Crippen MR) is 152 cm³/mol. The largest absolute Gasteiger partial charge is 0.308 e. The number of aryl methyl sites for hydroxylation is 1. The molecule has 0 aliphatic heterocycles. The van der Waals surface area contributed by atoms with Gasteiger partial charge >= 0.3 is 0 Å². The Bertz CT molecular complexity index is 1350. The van der Waals surface area contributed by atoms with E-state index in [9.17, 15) is 13.2 Å². The smallest absolute Gasteiger partial charge is 0.260 e. The van der Waals surface area contributed by atoms with E-state index < -0.39 is 10.0 Å². The zero-order valence-corrected chi connectivity index (χ0v) is 24.3. The molecule has 10 heteroatoms. The first-order valence-corrected chi connectivity index (χ1v) is 15.4. The fourth-order valence-electron chi connectivity index (χ4n) is 4.90. The van der Waals surface area contributed by atoms with E-state index in [0.717, 1.165) is 47.9 Å². The molecule has 1 amide bonds. The van der Waals surface area contributed by atoms with Gasteiger partial charge in [-0.25, -0.2) is 13.4 Å². The number of carbonyl (C=O) groups excluding carboxylic acids is 1. The Balaban J connectivity index is 1.62. The van der Waals surface area contributed by atoms with Crippen molar-refractivity contribution >= 4 is 54.2 Å². The molecule has 37 heavy (non-hydrogen) atoms. The summed E-state index contributed by atoms with van der Waals surface area (Å²) < 4.78 is 29.4. The fraction of sp³-hybridized carbons (Fsp3) is 0.481. The van der Waals surface area contributed by atoms with Gasteiger partial charge in [-0.2, -0.15) is 4.31 Å². The molecule has 1 saturated carbocycles. The summed E-state index contributed by atoms with van der Waals surface area (Å²) in [6.45, 7) is 5.38. The molecule has 0 radical (unpaired) electrons. The van der Waals surface area contributed by atoms with E-state index in [1.54, 1.807) is 33.5 Å². The second-order valence-electron chi connectivity index (χ2n) is 9.85. The second-order valence-corrected chi connectivity index (χ2v) is 13.2. The maximum absolute atomic E-state index is 13.7. The highest BCUT2D eigenvalue weighted by molar-refractivity contribution is 7.89. The van der Waals surface area contributed by atoms with Crippen molar-refractivity contribution < 1.29 is 13.2 Å². The van der Waals surface area contributed by atoms with Gasteiger partial charge in [0.2, 0.25) is 10.0 Å². The molecular formula is C27H35ClN4O3S2. The first-order valence-electron chi connectivity index (χ1n) is 12.8. The summed E-state index contributed by atoms with van der Waals surface area (Å²) in [5.74, 6) is -0.215. The van der Waals surface area contributed by atoms with Crippen molar-refractivity contribution in [2.45, 2.75) is 56.9 Å². The Kier molecular flexibility index (Phi) is 8.91. The van der Waals surface area contributed by atoms with E-state index in [4.69, 9.17) is 16.6 Å². The zero-order chi connectivity index (χ0) is 26.7. The van der Waals surface area contributed by atoms with Crippen LogP contribution in [0.2, 0.25) is 5.02 Å². The Morgan fingerprint density at radius 2 is 1.76 bits per heavy atom. The van der Waals surface area contributed by atoms with Gasteiger partial charge in [-0.3, -0.25) is 9.69 Å². The molecule has 3 aromatic rings. The molecule has 7 nitrogen and oxygen atoms in total. The van der Waals surface area contributed by atoms with Crippen LogP contribution in [0.5, 0.6) is 0 Å². The standard InChI is InChI=1S/C27H35ClN4O3S2/c1-5-32(22-9-7-6-8-10-22)37(34,35)23-13-11-20(12-14-23)26(33)31(16-15-30(3)4)27-29-25-19(2)17-21(28)18-24(25)36-27/h11-14,17-18,22H,5-10,15-16H2,1-4H3. The van der Waals surface area contributed by atoms with Crippen molar-refractivity contribution in [2.75, 3.05) is 38.6 Å². The molecular weight excluding hydrogens is 528 g/mol. The molecule has 1 fully saturated rings. The summed E-state index contributed by atoms with van der Waals surface area (Å²) in [7, 11) is 0.275. The highest BCUT2D eigenvalue weighted by Crippen LogP contribution is 2.34. The number of anilines is 1. The van der Waals surface area contributed by atoms with Crippen LogP contribution >= 0.6 is 22.9 Å². The molecule has 0 bridgehead atoms. The minimum atomic E-state index is -3.63. The van der Waals surface area contributed by atoms with Crippen LogP contribution in [-0.2, 0) is 10.0 Å². The molecule has 0 saturated heterocycles. The van der Waals surface area contributed by atoms with Crippen molar-refractivity contribution in [3.8, 4) is 0 Å². The van der Waals surface area contributed by atoms with E-state index in [1.165, 1.54) is 11.3 Å². The summed E-state index contributed by atoms with van der Waals surface area (Å²) in [6.07, 6.45) is 5.08. The van der Waals surface area contributed by atoms with Crippen LogP contribution in [0.25, 0.3) is 10.2 Å². The Labute approximate surface area is 229 Å². The molecule has 0 unspecified atom stereocenters. The lowest BCUT2D eigenvalue weighted by Gasteiger charge is -2.32. The van der Waals surface area contributed by atoms with Crippen molar-refractivity contribution in [2.24, 2.45) is 0 Å². The number of hydrogen-bond acceptors (Lipinski definition) is 6. The lowest BCUT2D eigenvalue weighted by Crippen LogP contribution is -2.41. The molecule has 0 spiro atoms. The molecule has 0 N–H and O–H groups in total. The Morgan fingerprint density at radius 1 is 1.08 bits per heavy atom. The van der Waals surface area contributed by atoms with Crippen molar-refractivity contribution in [1.82, 2.24) is 14.2 Å². The lowest BCUT2D eigenvalue weighted by atomic mass is 9.95. The zero-order valence-electron chi connectivity index (χ0n) is 21.9. The summed E-state index contributed by atoms with van der Waals surface area (Å²) in [5.41, 5.74) is 2.21. The second kappa shape index (κ2) is 11.8. The third kappa shape index (κ3) is 6.17. The van der Waals surface area contributed by atoms with Gasteiger partial charge in [0.15, 0.2) is 5.13 Å². The third-order valence-electron chi connectivity index (χ3n) is 6.89. The molecule has 1 aliphatic rings. The first-order chi connectivity index (χ1) is 17.6. The van der Waals surface area contributed by atoms with Gasteiger partial charge < -0.3 is 4.90 Å². The number of sulfonamides is 1.